The van der Waals surface area contributed by atoms with E-state index in [-0.39, 0.29) is 38.6 Å². The molecule has 1 amide bonds. The molecule has 33 heavy (non-hydrogen) atoms. The second-order valence-corrected chi connectivity index (χ2v) is 18.2. The van der Waals surface area contributed by atoms with Gasteiger partial charge in [-0.15, -0.1) is 0 Å². The van der Waals surface area contributed by atoms with E-state index in [1.807, 2.05) is 40.4 Å². The van der Waals surface area contributed by atoms with Crippen LogP contribution in [-0.4, -0.2) is 86.1 Å². The van der Waals surface area contributed by atoms with Crippen molar-refractivity contribution in [3.63, 3.8) is 0 Å². The summed E-state index contributed by atoms with van der Waals surface area (Å²) >= 11 is 0. The second-order valence-electron chi connectivity index (χ2n) is 8.13. The summed E-state index contributed by atoms with van der Waals surface area (Å²) < 4.78 is 48.0. The average Bonchev–Trinajstić information content (AvgIpc) is 2.69. The van der Waals surface area contributed by atoms with E-state index in [0.29, 0.717) is 25.9 Å². The van der Waals surface area contributed by atoms with Crippen molar-refractivity contribution >= 4 is 36.6 Å². The average molecular weight is 530 g/mol. The number of carbonyl (C=O) groups is 2. The van der Waals surface area contributed by atoms with Crippen LogP contribution < -0.4 is 0 Å². The number of carbonyl (C=O) groups excluding carboxylic acids is 2. The number of ether oxygens (including phenoxy) is 2. The zero-order valence-electron chi connectivity index (χ0n) is 21.6. The lowest BCUT2D eigenvalue weighted by Crippen LogP contribution is -2.47. The van der Waals surface area contributed by atoms with Gasteiger partial charge in [0.1, 0.15) is 0 Å². The highest BCUT2D eigenvalue weighted by Crippen LogP contribution is 2.51. The van der Waals surface area contributed by atoms with E-state index in [1.165, 1.54) is 4.90 Å². The smallest absolute Gasteiger partial charge is 0.466 e. The van der Waals surface area contributed by atoms with E-state index in [4.69, 9.17) is 27.0 Å². The molecule has 0 heterocycles. The lowest BCUT2D eigenvalue weighted by molar-refractivity contribution is -0.143. The van der Waals surface area contributed by atoms with Crippen LogP contribution in [0.15, 0.2) is 0 Å². The van der Waals surface area contributed by atoms with Crippen LogP contribution in [0.4, 0.5) is 4.79 Å². The highest BCUT2D eigenvalue weighted by Gasteiger charge is 2.44. The minimum Gasteiger partial charge on any atom is -0.466 e. The molecule has 0 unspecified atom stereocenters. The molecule has 0 aromatic carbocycles. The van der Waals surface area contributed by atoms with Crippen LogP contribution in [-0.2, 0) is 36.3 Å². The van der Waals surface area contributed by atoms with Crippen molar-refractivity contribution in [3.8, 4) is 0 Å². The third kappa shape index (κ3) is 13.6. The number of rotatable bonds is 18. The van der Waals surface area contributed by atoms with Crippen LogP contribution in [0.25, 0.3) is 0 Å². The monoisotopic (exact) mass is 529 g/mol. The Labute approximate surface area is 201 Å². The minimum atomic E-state index is -3.39. The van der Waals surface area contributed by atoms with Gasteiger partial charge in [0.05, 0.1) is 25.9 Å². The molecule has 10 nitrogen and oxygen atoms in total. The molecule has 196 valence electrons. The van der Waals surface area contributed by atoms with Gasteiger partial charge in [-0.25, -0.2) is 4.79 Å². The Bertz CT molecular complexity index is 614. The van der Waals surface area contributed by atoms with Crippen LogP contribution >= 0.6 is 7.37 Å². The van der Waals surface area contributed by atoms with E-state index >= 15 is 0 Å². The number of hydrogen-bond donors (Lipinski definition) is 0. The van der Waals surface area contributed by atoms with Crippen molar-refractivity contribution in [2.24, 2.45) is 0 Å². The molecule has 0 aliphatic carbocycles. The first-order chi connectivity index (χ1) is 15.4. The zero-order chi connectivity index (χ0) is 25.5. The molecule has 0 saturated carbocycles. The maximum Gasteiger partial charge on any atom is 0.501 e. The summed E-state index contributed by atoms with van der Waals surface area (Å²) in [5, 5.41) is 0. The van der Waals surface area contributed by atoms with E-state index in [2.05, 4.69) is 0 Å². The first-order valence-corrected chi connectivity index (χ1v) is 19.0. The van der Waals surface area contributed by atoms with Crippen molar-refractivity contribution in [2.75, 3.05) is 52.0 Å². The van der Waals surface area contributed by atoms with Gasteiger partial charge in [-0.3, -0.25) is 14.3 Å². The Hall–Kier alpha value is -0.756. The summed E-state index contributed by atoms with van der Waals surface area (Å²) in [6.07, 6.45) is -0.734. The standard InChI is InChI=1S/C20H44NO9PSi2/c1-9-25-19(22)14-15-21(20(23)26-10-2)18-31(24,30-32(6,7)8)16-17-33(27-11-3,28-12-4)29-13-5/h9-18H2,1-8H3/t31-/m1/s1. The van der Waals surface area contributed by atoms with Crippen molar-refractivity contribution in [2.45, 2.75) is 66.7 Å². The molecular formula is C20H44NO9PSi2. The molecule has 0 aromatic rings. The van der Waals surface area contributed by atoms with Gasteiger partial charge in [0.2, 0.25) is 7.37 Å². The largest absolute Gasteiger partial charge is 0.501 e. The van der Waals surface area contributed by atoms with E-state index in [9.17, 15) is 14.2 Å². The molecule has 0 bridgehead atoms. The molecule has 0 radical (unpaired) electrons. The number of hydrogen-bond acceptors (Lipinski definition) is 9. The summed E-state index contributed by atoms with van der Waals surface area (Å²) in [7, 11) is -8.72. The van der Waals surface area contributed by atoms with Crippen LogP contribution in [0, 0.1) is 0 Å². The van der Waals surface area contributed by atoms with Gasteiger partial charge in [-0.05, 0) is 54.3 Å². The Balaban J connectivity index is 5.80. The number of esters is 1. The molecule has 0 N–H and O–H groups in total. The van der Waals surface area contributed by atoms with Crippen molar-refractivity contribution < 1.29 is 41.1 Å². The molecular weight excluding hydrogens is 485 g/mol. The molecule has 0 fully saturated rings. The Morgan fingerprint density at radius 2 is 1.33 bits per heavy atom. The van der Waals surface area contributed by atoms with Gasteiger partial charge in [0.25, 0.3) is 0 Å². The highest BCUT2D eigenvalue weighted by atomic mass is 31.2. The second kappa shape index (κ2) is 16.0. The molecule has 0 aromatic heterocycles. The van der Waals surface area contributed by atoms with E-state index < -0.39 is 36.6 Å². The maximum atomic E-state index is 14.1. The zero-order valence-corrected chi connectivity index (χ0v) is 24.5. The number of nitrogens with zero attached hydrogens (tertiary/aromatic N) is 1. The molecule has 1 atom stereocenters. The molecule has 0 spiro atoms. The van der Waals surface area contributed by atoms with Crippen LogP contribution in [0.5, 0.6) is 0 Å². The van der Waals surface area contributed by atoms with Crippen molar-refractivity contribution in [1.29, 1.82) is 0 Å². The SMILES string of the molecule is CCOC(=O)CCN(C[P@@](=O)(CC[Si](OCC)(OCC)OCC)O[Si](C)(C)C)C(=O)OCC. The number of amides is 1. The molecule has 0 aliphatic heterocycles. The van der Waals surface area contributed by atoms with E-state index in [0.717, 1.165) is 0 Å². The summed E-state index contributed by atoms with van der Waals surface area (Å²) in [4.78, 5) is 25.7. The van der Waals surface area contributed by atoms with Crippen LogP contribution in [0.2, 0.25) is 25.7 Å². The molecule has 13 heteroatoms. The lowest BCUT2D eigenvalue weighted by Gasteiger charge is -2.34. The van der Waals surface area contributed by atoms with Gasteiger partial charge in [-0.2, -0.15) is 0 Å². The van der Waals surface area contributed by atoms with Gasteiger partial charge in [-0.1, -0.05) is 0 Å². The topological polar surface area (TPSA) is 110 Å². The Morgan fingerprint density at radius 3 is 1.76 bits per heavy atom. The van der Waals surface area contributed by atoms with Crippen molar-refractivity contribution in [3.05, 3.63) is 0 Å². The third-order valence-electron chi connectivity index (χ3n) is 4.10. The van der Waals surface area contributed by atoms with Crippen molar-refractivity contribution in [1.82, 2.24) is 4.90 Å². The minimum absolute atomic E-state index is 0.0155. The fourth-order valence-corrected chi connectivity index (χ4v) is 13.1. The summed E-state index contributed by atoms with van der Waals surface area (Å²) in [6, 6.07) is 0.290. The molecule has 0 rings (SSSR count). The summed E-state index contributed by atoms with van der Waals surface area (Å²) in [5.41, 5.74) is 0. The molecule has 0 aliphatic rings. The summed E-state index contributed by atoms with van der Waals surface area (Å²) in [5.74, 6) is -0.441. The van der Waals surface area contributed by atoms with E-state index in [1.54, 1.807) is 13.8 Å². The predicted octanol–water partition coefficient (Wildman–Crippen LogP) is 4.53. The Morgan fingerprint density at radius 1 is 0.818 bits per heavy atom. The summed E-state index contributed by atoms with van der Waals surface area (Å²) in [6.45, 7) is 16.4. The Kier molecular flexibility index (Phi) is 15.6. The first kappa shape index (κ1) is 32.2. The van der Waals surface area contributed by atoms with Crippen LogP contribution in [0.1, 0.15) is 41.0 Å². The lowest BCUT2D eigenvalue weighted by atomic mass is 10.4. The normalized spacial score (nSPS) is 13.9. The van der Waals surface area contributed by atoms with Gasteiger partial charge >= 0.3 is 20.9 Å². The fourth-order valence-electron chi connectivity index (χ4n) is 3.11. The maximum absolute atomic E-state index is 14.1. The highest BCUT2D eigenvalue weighted by molar-refractivity contribution is 7.60. The first-order valence-electron chi connectivity index (χ1n) is 11.7. The van der Waals surface area contributed by atoms with Gasteiger partial charge in [0, 0.05) is 38.6 Å². The quantitative estimate of drug-likeness (QED) is 0.144. The fraction of sp³-hybridized carbons (Fsp3) is 0.900. The predicted molar refractivity (Wildman–Crippen MR) is 132 cm³/mol. The van der Waals surface area contributed by atoms with Gasteiger partial charge in [0.15, 0.2) is 8.32 Å². The van der Waals surface area contributed by atoms with Gasteiger partial charge < -0.3 is 27.0 Å². The molecule has 0 saturated heterocycles. The van der Waals surface area contributed by atoms with Crippen LogP contribution in [0.3, 0.4) is 0 Å². The third-order valence-corrected chi connectivity index (χ3v) is 12.8.